The van der Waals surface area contributed by atoms with E-state index >= 15 is 0 Å². The first kappa shape index (κ1) is 13.8. The molecule has 4 heteroatoms. The topological polar surface area (TPSA) is 50.7 Å². The third-order valence-corrected chi connectivity index (χ3v) is 2.38. The van der Waals surface area contributed by atoms with Crippen molar-refractivity contribution in [2.45, 2.75) is 26.8 Å². The fraction of sp³-hybridized carbons (Fsp3) is 0.538. The summed E-state index contributed by atoms with van der Waals surface area (Å²) in [6, 6.07) is 5.30. The van der Waals surface area contributed by atoms with Gasteiger partial charge in [0.05, 0.1) is 19.8 Å². The summed E-state index contributed by atoms with van der Waals surface area (Å²) in [6.07, 6.45) is 0. The van der Waals surface area contributed by atoms with Crippen LogP contribution in [0.1, 0.15) is 32.4 Å². The molecule has 0 aliphatic heterocycles. The second kappa shape index (κ2) is 6.47. The quantitative estimate of drug-likeness (QED) is 0.749. The highest BCUT2D eigenvalue weighted by atomic mass is 16.6. The smallest absolute Gasteiger partial charge is 0.160 e. The third-order valence-electron chi connectivity index (χ3n) is 2.38. The molecule has 96 valence electrons. The summed E-state index contributed by atoms with van der Waals surface area (Å²) in [4.78, 5) is 5.36. The third kappa shape index (κ3) is 4.24. The van der Waals surface area contributed by atoms with Gasteiger partial charge in [-0.15, -0.1) is 0 Å². The van der Waals surface area contributed by atoms with Crippen LogP contribution in [-0.4, -0.2) is 18.8 Å². The van der Waals surface area contributed by atoms with E-state index < -0.39 is 0 Å². The number of hydrogen-bond donors (Lipinski definition) is 2. The van der Waals surface area contributed by atoms with Crippen LogP contribution < -0.4 is 10.2 Å². The van der Waals surface area contributed by atoms with Crippen molar-refractivity contribution in [2.75, 3.05) is 13.7 Å². The Hall–Kier alpha value is -1.26. The van der Waals surface area contributed by atoms with E-state index in [2.05, 4.69) is 19.3 Å². The van der Waals surface area contributed by atoms with E-state index in [1.165, 1.54) is 7.11 Å². The van der Waals surface area contributed by atoms with Gasteiger partial charge in [0.25, 0.3) is 0 Å². The van der Waals surface area contributed by atoms with Crippen molar-refractivity contribution in [2.24, 2.45) is 5.92 Å². The van der Waals surface area contributed by atoms with Crippen LogP contribution in [0.2, 0.25) is 0 Å². The summed E-state index contributed by atoms with van der Waals surface area (Å²) >= 11 is 0. The zero-order chi connectivity index (χ0) is 12.8. The van der Waals surface area contributed by atoms with Crippen LogP contribution in [0.4, 0.5) is 0 Å². The summed E-state index contributed by atoms with van der Waals surface area (Å²) in [5.74, 6) is 1.11. The molecule has 0 spiro atoms. The van der Waals surface area contributed by atoms with E-state index in [-0.39, 0.29) is 11.8 Å². The van der Waals surface area contributed by atoms with Crippen molar-refractivity contribution in [1.29, 1.82) is 0 Å². The molecule has 1 aromatic carbocycles. The lowest BCUT2D eigenvalue weighted by Gasteiger charge is -2.16. The van der Waals surface area contributed by atoms with Gasteiger partial charge in [0, 0.05) is 0 Å². The minimum atomic E-state index is 0.0447. The number of hydroxylamine groups is 1. The van der Waals surface area contributed by atoms with Gasteiger partial charge >= 0.3 is 0 Å². The molecule has 0 heterocycles. The maximum atomic E-state index is 9.49. The summed E-state index contributed by atoms with van der Waals surface area (Å²) in [6.45, 7) is 6.84. The number of ether oxygens (including phenoxy) is 1. The molecule has 17 heavy (non-hydrogen) atoms. The molecule has 0 saturated carbocycles. The fourth-order valence-corrected chi connectivity index (χ4v) is 1.37. The molecule has 1 rings (SSSR count). The van der Waals surface area contributed by atoms with Gasteiger partial charge < -0.3 is 14.7 Å². The minimum absolute atomic E-state index is 0.0447. The lowest BCUT2D eigenvalue weighted by Crippen LogP contribution is -2.21. The van der Waals surface area contributed by atoms with Crippen LogP contribution in [-0.2, 0) is 4.84 Å². The number of benzene rings is 1. The number of rotatable bonds is 6. The van der Waals surface area contributed by atoms with Gasteiger partial charge in [-0.05, 0) is 30.5 Å². The lowest BCUT2D eigenvalue weighted by molar-refractivity contribution is 0.00405. The summed E-state index contributed by atoms with van der Waals surface area (Å²) in [5, 5.41) is 9.49. The second-order valence-corrected chi connectivity index (χ2v) is 4.48. The largest absolute Gasteiger partial charge is 0.504 e. The summed E-state index contributed by atoms with van der Waals surface area (Å²) < 4.78 is 5.06. The first-order valence-corrected chi connectivity index (χ1v) is 5.78. The van der Waals surface area contributed by atoms with Gasteiger partial charge in [-0.25, -0.2) is 0 Å². The first-order valence-electron chi connectivity index (χ1n) is 5.78. The summed E-state index contributed by atoms with van der Waals surface area (Å²) in [5.41, 5.74) is 3.97. The van der Waals surface area contributed by atoms with E-state index in [1.54, 1.807) is 12.1 Å². The Kier molecular flexibility index (Phi) is 5.25. The molecule has 0 bridgehead atoms. The Morgan fingerprint density at radius 2 is 2.00 bits per heavy atom. The van der Waals surface area contributed by atoms with Crippen LogP contribution in [0, 0.1) is 5.92 Å². The standard InChI is InChI=1S/C13H21NO3/c1-9(2)8-17-14-10(3)11-5-6-12(15)13(7-11)16-4/h5-7,9-10,14-15H,8H2,1-4H3. The van der Waals surface area contributed by atoms with Crippen molar-refractivity contribution in [3.8, 4) is 11.5 Å². The predicted molar refractivity (Wildman–Crippen MR) is 67.0 cm³/mol. The van der Waals surface area contributed by atoms with Crippen LogP contribution in [0.15, 0.2) is 18.2 Å². The zero-order valence-electron chi connectivity index (χ0n) is 10.9. The zero-order valence-corrected chi connectivity index (χ0v) is 10.9. The molecule has 0 aliphatic carbocycles. The van der Waals surface area contributed by atoms with Crippen LogP contribution in [0.25, 0.3) is 0 Å². The maximum Gasteiger partial charge on any atom is 0.160 e. The van der Waals surface area contributed by atoms with E-state index in [4.69, 9.17) is 9.57 Å². The van der Waals surface area contributed by atoms with Gasteiger partial charge in [-0.2, -0.15) is 5.48 Å². The Balaban J connectivity index is 2.59. The lowest BCUT2D eigenvalue weighted by atomic mass is 10.1. The Morgan fingerprint density at radius 1 is 1.29 bits per heavy atom. The Morgan fingerprint density at radius 3 is 2.59 bits per heavy atom. The average Bonchev–Trinajstić information content (AvgIpc) is 2.29. The Bertz CT molecular complexity index is 353. The molecule has 0 fully saturated rings. The number of hydrogen-bond acceptors (Lipinski definition) is 4. The molecular weight excluding hydrogens is 218 g/mol. The molecule has 0 radical (unpaired) electrons. The van der Waals surface area contributed by atoms with Crippen molar-refractivity contribution in [3.05, 3.63) is 23.8 Å². The van der Waals surface area contributed by atoms with E-state index in [0.29, 0.717) is 18.3 Å². The number of nitrogens with one attached hydrogen (secondary N) is 1. The highest BCUT2D eigenvalue weighted by molar-refractivity contribution is 5.42. The highest BCUT2D eigenvalue weighted by Crippen LogP contribution is 2.28. The fourth-order valence-electron chi connectivity index (χ4n) is 1.37. The molecule has 1 atom stereocenters. The average molecular weight is 239 g/mol. The van der Waals surface area contributed by atoms with Crippen LogP contribution >= 0.6 is 0 Å². The molecule has 0 aromatic heterocycles. The molecule has 2 N–H and O–H groups in total. The van der Waals surface area contributed by atoms with Crippen molar-refractivity contribution < 1.29 is 14.7 Å². The molecule has 1 aromatic rings. The number of phenols is 1. The number of aromatic hydroxyl groups is 1. The monoisotopic (exact) mass is 239 g/mol. The van der Waals surface area contributed by atoms with Crippen LogP contribution in [0.5, 0.6) is 11.5 Å². The van der Waals surface area contributed by atoms with E-state index in [1.807, 2.05) is 13.0 Å². The molecule has 0 amide bonds. The minimum Gasteiger partial charge on any atom is -0.504 e. The molecule has 0 aliphatic rings. The van der Waals surface area contributed by atoms with Crippen molar-refractivity contribution >= 4 is 0 Å². The normalized spacial score (nSPS) is 12.8. The van der Waals surface area contributed by atoms with Gasteiger partial charge in [0.2, 0.25) is 0 Å². The second-order valence-electron chi connectivity index (χ2n) is 4.48. The van der Waals surface area contributed by atoms with Gasteiger partial charge in [0.15, 0.2) is 11.5 Å². The SMILES string of the molecule is COc1cc(C(C)NOCC(C)C)ccc1O. The molecular formula is C13H21NO3. The Labute approximate surface area is 103 Å². The van der Waals surface area contributed by atoms with Gasteiger partial charge in [0.1, 0.15) is 0 Å². The number of methoxy groups -OCH3 is 1. The van der Waals surface area contributed by atoms with Crippen LogP contribution in [0.3, 0.4) is 0 Å². The predicted octanol–water partition coefficient (Wildman–Crippen LogP) is 2.64. The van der Waals surface area contributed by atoms with Gasteiger partial charge in [-0.1, -0.05) is 19.9 Å². The maximum absolute atomic E-state index is 9.49. The number of phenolic OH excluding ortho intramolecular Hbond substituents is 1. The highest BCUT2D eigenvalue weighted by Gasteiger charge is 2.09. The van der Waals surface area contributed by atoms with E-state index in [9.17, 15) is 5.11 Å². The van der Waals surface area contributed by atoms with E-state index in [0.717, 1.165) is 5.56 Å². The molecule has 4 nitrogen and oxygen atoms in total. The molecule has 0 saturated heterocycles. The first-order chi connectivity index (χ1) is 8.04. The van der Waals surface area contributed by atoms with Crippen molar-refractivity contribution in [3.63, 3.8) is 0 Å². The van der Waals surface area contributed by atoms with Crippen molar-refractivity contribution in [1.82, 2.24) is 5.48 Å². The summed E-state index contributed by atoms with van der Waals surface area (Å²) in [7, 11) is 1.53. The molecule has 1 unspecified atom stereocenters. The van der Waals surface area contributed by atoms with Gasteiger partial charge in [-0.3, -0.25) is 0 Å².